The molecular formula is C17H19NO2. The molecule has 0 aliphatic rings. The van der Waals surface area contributed by atoms with E-state index in [9.17, 15) is 4.79 Å². The van der Waals surface area contributed by atoms with Gasteiger partial charge in [0.2, 0.25) is 0 Å². The van der Waals surface area contributed by atoms with Gasteiger partial charge >= 0.3 is 0 Å². The zero-order valence-electron chi connectivity index (χ0n) is 11.9. The zero-order valence-corrected chi connectivity index (χ0v) is 11.9. The summed E-state index contributed by atoms with van der Waals surface area (Å²) in [5.74, 6) is 0.750. The first kappa shape index (κ1) is 14.3. The number of pyridine rings is 1. The summed E-state index contributed by atoms with van der Waals surface area (Å²) in [5.41, 5.74) is 1.58. The van der Waals surface area contributed by atoms with Crippen molar-refractivity contribution in [2.24, 2.45) is 0 Å². The summed E-state index contributed by atoms with van der Waals surface area (Å²) in [6.07, 6.45) is 2.89. The van der Waals surface area contributed by atoms with Crippen LogP contribution in [-0.4, -0.2) is 16.9 Å². The highest BCUT2D eigenvalue weighted by Gasteiger charge is 2.13. The predicted octanol–water partition coefficient (Wildman–Crippen LogP) is 3.68. The van der Waals surface area contributed by atoms with Crippen molar-refractivity contribution in [3.05, 3.63) is 59.9 Å². The normalized spacial score (nSPS) is 10.6. The van der Waals surface area contributed by atoms with Gasteiger partial charge in [-0.1, -0.05) is 18.2 Å². The lowest BCUT2D eigenvalue weighted by molar-refractivity contribution is 0.0976. The number of benzene rings is 1. The third kappa shape index (κ3) is 3.92. The second kappa shape index (κ2) is 6.85. The molecule has 20 heavy (non-hydrogen) atoms. The molecule has 2 aromatic rings. The van der Waals surface area contributed by atoms with Gasteiger partial charge < -0.3 is 4.74 Å². The smallest absolute Gasteiger partial charge is 0.166 e. The van der Waals surface area contributed by atoms with Crippen molar-refractivity contribution in [1.29, 1.82) is 0 Å². The van der Waals surface area contributed by atoms with Gasteiger partial charge in [-0.2, -0.15) is 0 Å². The van der Waals surface area contributed by atoms with Crippen LogP contribution in [0.25, 0.3) is 0 Å². The number of hydrogen-bond acceptors (Lipinski definition) is 3. The van der Waals surface area contributed by atoms with Crippen molar-refractivity contribution in [3.8, 4) is 5.75 Å². The largest absolute Gasteiger partial charge is 0.490 e. The topological polar surface area (TPSA) is 39.2 Å². The van der Waals surface area contributed by atoms with Gasteiger partial charge in [0, 0.05) is 18.3 Å². The van der Waals surface area contributed by atoms with Gasteiger partial charge in [0.15, 0.2) is 5.78 Å². The van der Waals surface area contributed by atoms with E-state index in [1.807, 2.05) is 56.3 Å². The summed E-state index contributed by atoms with van der Waals surface area (Å²) in [6, 6.07) is 13.1. The number of Topliss-reactive ketones (excluding diaryl/α,β-unsaturated/α-hetero) is 1. The van der Waals surface area contributed by atoms with Crippen LogP contribution in [0.15, 0.2) is 48.7 Å². The van der Waals surface area contributed by atoms with E-state index in [0.717, 1.165) is 5.69 Å². The van der Waals surface area contributed by atoms with Gasteiger partial charge in [0.05, 0.1) is 11.7 Å². The van der Waals surface area contributed by atoms with Crippen molar-refractivity contribution in [2.45, 2.75) is 32.8 Å². The minimum atomic E-state index is 0.0553. The predicted molar refractivity (Wildman–Crippen MR) is 79.1 cm³/mol. The van der Waals surface area contributed by atoms with Crippen molar-refractivity contribution >= 4 is 5.78 Å². The Balaban J connectivity index is 2.05. The molecule has 0 atom stereocenters. The average Bonchev–Trinajstić information content (AvgIpc) is 2.46. The highest BCUT2D eigenvalue weighted by Crippen LogP contribution is 2.21. The molecule has 2 rings (SSSR count). The van der Waals surface area contributed by atoms with Crippen molar-refractivity contribution in [1.82, 2.24) is 4.98 Å². The molecule has 0 unspecified atom stereocenters. The maximum atomic E-state index is 12.3. The molecule has 0 aliphatic carbocycles. The van der Waals surface area contributed by atoms with Gasteiger partial charge in [-0.3, -0.25) is 9.78 Å². The molecule has 0 radical (unpaired) electrons. The summed E-state index contributed by atoms with van der Waals surface area (Å²) in [7, 11) is 0. The summed E-state index contributed by atoms with van der Waals surface area (Å²) >= 11 is 0. The molecule has 0 saturated carbocycles. The van der Waals surface area contributed by atoms with Crippen LogP contribution in [0.1, 0.15) is 36.3 Å². The minimum absolute atomic E-state index is 0.0553. The van der Waals surface area contributed by atoms with E-state index in [0.29, 0.717) is 24.2 Å². The van der Waals surface area contributed by atoms with Gasteiger partial charge in [-0.15, -0.1) is 0 Å². The Kier molecular flexibility index (Phi) is 4.88. The van der Waals surface area contributed by atoms with Gasteiger partial charge in [0.25, 0.3) is 0 Å². The van der Waals surface area contributed by atoms with Crippen molar-refractivity contribution < 1.29 is 9.53 Å². The third-order valence-corrected chi connectivity index (χ3v) is 2.88. The molecule has 0 fully saturated rings. The number of ketones is 1. The summed E-state index contributed by atoms with van der Waals surface area (Å²) < 4.78 is 5.68. The number of carbonyl (C=O) groups excluding carboxylic acids is 1. The molecule has 0 N–H and O–H groups in total. The summed E-state index contributed by atoms with van der Waals surface area (Å²) in [6.45, 7) is 3.91. The van der Waals surface area contributed by atoms with E-state index in [2.05, 4.69) is 4.98 Å². The number of hydrogen-bond donors (Lipinski definition) is 0. The SMILES string of the molecule is CC(C)Oc1ccccc1C(=O)CCc1ccccn1. The summed E-state index contributed by atoms with van der Waals surface area (Å²) in [5, 5.41) is 0. The Hall–Kier alpha value is -2.16. The molecular weight excluding hydrogens is 250 g/mol. The second-order valence-electron chi connectivity index (χ2n) is 4.91. The molecule has 1 aromatic heterocycles. The van der Waals surface area contributed by atoms with Crippen LogP contribution in [0.5, 0.6) is 5.75 Å². The number of ether oxygens (including phenoxy) is 1. The Morgan fingerprint density at radius 1 is 1.15 bits per heavy atom. The second-order valence-corrected chi connectivity index (χ2v) is 4.91. The number of rotatable bonds is 6. The van der Waals surface area contributed by atoms with Crippen LogP contribution in [-0.2, 0) is 6.42 Å². The Morgan fingerprint density at radius 2 is 1.90 bits per heavy atom. The fourth-order valence-electron chi connectivity index (χ4n) is 1.98. The van der Waals surface area contributed by atoms with Crippen LogP contribution >= 0.6 is 0 Å². The molecule has 3 nitrogen and oxygen atoms in total. The van der Waals surface area contributed by atoms with Crippen LogP contribution in [0.4, 0.5) is 0 Å². The van der Waals surface area contributed by atoms with E-state index in [1.54, 1.807) is 6.20 Å². The van der Waals surface area contributed by atoms with Gasteiger partial charge in [-0.05, 0) is 44.5 Å². The van der Waals surface area contributed by atoms with E-state index in [4.69, 9.17) is 4.74 Å². The molecule has 0 aliphatic heterocycles. The van der Waals surface area contributed by atoms with Crippen LogP contribution in [0.3, 0.4) is 0 Å². The first-order valence-electron chi connectivity index (χ1n) is 6.85. The van der Waals surface area contributed by atoms with E-state index in [1.165, 1.54) is 0 Å². The molecule has 0 bridgehead atoms. The molecule has 1 aromatic carbocycles. The minimum Gasteiger partial charge on any atom is -0.490 e. The Labute approximate surface area is 119 Å². The van der Waals surface area contributed by atoms with Gasteiger partial charge in [-0.25, -0.2) is 0 Å². The standard InChI is InChI=1S/C17H19NO2/c1-13(2)20-17-9-4-3-8-15(17)16(19)11-10-14-7-5-6-12-18-14/h3-9,12-13H,10-11H2,1-2H3. The average molecular weight is 269 g/mol. The van der Waals surface area contributed by atoms with E-state index >= 15 is 0 Å². The number of aryl methyl sites for hydroxylation is 1. The summed E-state index contributed by atoms with van der Waals surface area (Å²) in [4.78, 5) is 16.5. The first-order valence-corrected chi connectivity index (χ1v) is 6.85. The first-order chi connectivity index (χ1) is 9.66. The van der Waals surface area contributed by atoms with Crippen LogP contribution < -0.4 is 4.74 Å². The van der Waals surface area contributed by atoms with Crippen LogP contribution in [0.2, 0.25) is 0 Å². The number of para-hydroxylation sites is 1. The maximum absolute atomic E-state index is 12.3. The van der Waals surface area contributed by atoms with E-state index in [-0.39, 0.29) is 11.9 Å². The molecule has 0 amide bonds. The fourth-order valence-corrected chi connectivity index (χ4v) is 1.98. The highest BCUT2D eigenvalue weighted by atomic mass is 16.5. The monoisotopic (exact) mass is 269 g/mol. The molecule has 104 valence electrons. The van der Waals surface area contributed by atoms with Gasteiger partial charge in [0.1, 0.15) is 5.75 Å². The van der Waals surface area contributed by atoms with Crippen molar-refractivity contribution in [3.63, 3.8) is 0 Å². The lowest BCUT2D eigenvalue weighted by Gasteiger charge is -2.13. The Bertz CT molecular complexity index is 564. The maximum Gasteiger partial charge on any atom is 0.166 e. The highest BCUT2D eigenvalue weighted by molar-refractivity contribution is 5.98. The van der Waals surface area contributed by atoms with Crippen molar-refractivity contribution in [2.75, 3.05) is 0 Å². The lowest BCUT2D eigenvalue weighted by Crippen LogP contribution is -2.10. The number of nitrogens with zero attached hydrogens (tertiary/aromatic N) is 1. The Morgan fingerprint density at radius 3 is 2.60 bits per heavy atom. The number of aromatic nitrogens is 1. The fraction of sp³-hybridized carbons (Fsp3) is 0.294. The molecule has 0 saturated heterocycles. The lowest BCUT2D eigenvalue weighted by atomic mass is 10.0. The van der Waals surface area contributed by atoms with E-state index < -0.39 is 0 Å². The molecule has 3 heteroatoms. The molecule has 1 heterocycles. The number of carbonyl (C=O) groups is 1. The van der Waals surface area contributed by atoms with Crippen LogP contribution in [0, 0.1) is 0 Å². The zero-order chi connectivity index (χ0) is 14.4. The quantitative estimate of drug-likeness (QED) is 0.751. The molecule has 0 spiro atoms. The third-order valence-electron chi connectivity index (χ3n) is 2.88.